The van der Waals surface area contributed by atoms with E-state index in [1.165, 1.54) is 9.13 Å². The molecular weight excluding hydrogens is 328 g/mol. The Balaban J connectivity index is 2.01. The fraction of sp³-hybridized carbons (Fsp3) is 0.150. The van der Waals surface area contributed by atoms with Gasteiger partial charge in [-0.05, 0) is 24.1 Å². The highest BCUT2D eigenvalue weighted by molar-refractivity contribution is 5.71. The molecule has 0 N–H and O–H groups in total. The van der Waals surface area contributed by atoms with Crippen molar-refractivity contribution in [2.45, 2.75) is 13.5 Å². The second-order valence-electron chi connectivity index (χ2n) is 6.30. The Kier molecular flexibility index (Phi) is 3.80. The van der Waals surface area contributed by atoms with Gasteiger partial charge in [-0.15, -0.1) is 0 Å². The SMILES string of the molecule is Cc1ccccc1-n1c(=O)c2c(ncn2Cc2ccccc2)n(C)c1=O. The van der Waals surface area contributed by atoms with Crippen LogP contribution >= 0.6 is 0 Å². The number of hydrogen-bond donors (Lipinski definition) is 0. The first-order chi connectivity index (χ1) is 12.6. The van der Waals surface area contributed by atoms with E-state index in [-0.39, 0.29) is 5.56 Å². The smallest absolute Gasteiger partial charge is 0.320 e. The quantitative estimate of drug-likeness (QED) is 0.572. The first-order valence-electron chi connectivity index (χ1n) is 8.34. The van der Waals surface area contributed by atoms with Crippen LogP contribution in [0.4, 0.5) is 0 Å². The van der Waals surface area contributed by atoms with Crippen LogP contribution < -0.4 is 11.2 Å². The number of aromatic nitrogens is 4. The molecule has 0 spiro atoms. The van der Waals surface area contributed by atoms with Crippen LogP contribution in [0.2, 0.25) is 0 Å². The largest absolute Gasteiger partial charge is 0.337 e. The summed E-state index contributed by atoms with van der Waals surface area (Å²) >= 11 is 0. The second kappa shape index (κ2) is 6.15. The van der Waals surface area contributed by atoms with Gasteiger partial charge >= 0.3 is 5.69 Å². The van der Waals surface area contributed by atoms with Crippen LogP contribution in [0.1, 0.15) is 11.1 Å². The Labute approximate surface area is 149 Å². The van der Waals surface area contributed by atoms with Gasteiger partial charge in [0.1, 0.15) is 0 Å². The molecular formula is C20H18N4O2. The molecule has 4 rings (SSSR count). The van der Waals surface area contributed by atoms with Crippen LogP contribution in [0.15, 0.2) is 70.5 Å². The highest BCUT2D eigenvalue weighted by Crippen LogP contribution is 2.13. The van der Waals surface area contributed by atoms with E-state index in [4.69, 9.17) is 0 Å². The minimum absolute atomic E-state index is 0.356. The fourth-order valence-corrected chi connectivity index (χ4v) is 3.20. The monoisotopic (exact) mass is 346 g/mol. The zero-order chi connectivity index (χ0) is 18.3. The Morgan fingerprint density at radius 3 is 2.38 bits per heavy atom. The van der Waals surface area contributed by atoms with Crippen LogP contribution in [-0.4, -0.2) is 18.7 Å². The molecule has 2 aromatic carbocycles. The predicted molar refractivity (Wildman–Crippen MR) is 101 cm³/mol. The lowest BCUT2D eigenvalue weighted by Crippen LogP contribution is -2.38. The number of hydrogen-bond acceptors (Lipinski definition) is 3. The molecule has 130 valence electrons. The van der Waals surface area contributed by atoms with Gasteiger partial charge in [0.15, 0.2) is 11.2 Å². The molecule has 0 aliphatic carbocycles. The summed E-state index contributed by atoms with van der Waals surface area (Å²) in [6, 6.07) is 17.2. The Hall–Kier alpha value is -3.41. The third kappa shape index (κ3) is 2.47. The predicted octanol–water partition coefficient (Wildman–Crippen LogP) is 2.24. The summed E-state index contributed by atoms with van der Waals surface area (Å²) in [5, 5.41) is 0. The molecule has 2 heterocycles. The number of rotatable bonds is 3. The van der Waals surface area contributed by atoms with Crippen molar-refractivity contribution in [1.82, 2.24) is 18.7 Å². The summed E-state index contributed by atoms with van der Waals surface area (Å²) in [4.78, 5) is 30.3. The number of imidazole rings is 1. The molecule has 0 fully saturated rings. The molecule has 0 amide bonds. The normalized spacial score (nSPS) is 11.2. The summed E-state index contributed by atoms with van der Waals surface area (Å²) in [5.74, 6) is 0. The van der Waals surface area contributed by atoms with Gasteiger partial charge in [-0.25, -0.2) is 14.3 Å². The molecule has 0 radical (unpaired) electrons. The van der Waals surface area contributed by atoms with Gasteiger partial charge in [0, 0.05) is 13.6 Å². The summed E-state index contributed by atoms with van der Waals surface area (Å²) in [6.07, 6.45) is 1.61. The Morgan fingerprint density at radius 2 is 1.65 bits per heavy atom. The molecule has 4 aromatic rings. The van der Waals surface area contributed by atoms with Gasteiger partial charge < -0.3 is 4.57 Å². The van der Waals surface area contributed by atoms with E-state index in [0.717, 1.165) is 11.1 Å². The second-order valence-corrected chi connectivity index (χ2v) is 6.30. The van der Waals surface area contributed by atoms with Crippen LogP contribution in [-0.2, 0) is 13.6 Å². The molecule has 2 aromatic heterocycles. The number of para-hydroxylation sites is 1. The molecule has 0 bridgehead atoms. The standard InChI is InChI=1S/C20H18N4O2/c1-14-8-6-7-11-16(14)24-19(25)17-18(22(2)20(24)26)21-13-23(17)12-15-9-4-3-5-10-15/h3-11,13H,12H2,1-2H3. The van der Waals surface area contributed by atoms with Crippen molar-refractivity contribution in [3.8, 4) is 5.69 Å². The van der Waals surface area contributed by atoms with Crippen LogP contribution in [0.5, 0.6) is 0 Å². The van der Waals surface area contributed by atoms with E-state index in [0.29, 0.717) is 23.4 Å². The molecule has 0 atom stereocenters. The lowest BCUT2D eigenvalue weighted by Gasteiger charge is -2.11. The molecule has 0 saturated carbocycles. The lowest BCUT2D eigenvalue weighted by molar-refractivity contribution is 0.754. The molecule has 6 nitrogen and oxygen atoms in total. The number of aryl methyl sites for hydroxylation is 2. The van der Waals surface area contributed by atoms with Gasteiger partial charge in [0.2, 0.25) is 0 Å². The summed E-state index contributed by atoms with van der Waals surface area (Å²) < 4.78 is 4.44. The maximum atomic E-state index is 13.2. The van der Waals surface area contributed by atoms with Gasteiger partial charge in [0.25, 0.3) is 5.56 Å². The first-order valence-corrected chi connectivity index (χ1v) is 8.34. The van der Waals surface area contributed by atoms with Crippen molar-refractivity contribution in [3.05, 3.63) is 92.9 Å². The van der Waals surface area contributed by atoms with Gasteiger partial charge in [-0.1, -0.05) is 48.5 Å². The number of benzene rings is 2. The van der Waals surface area contributed by atoms with E-state index in [9.17, 15) is 9.59 Å². The molecule has 0 unspecified atom stereocenters. The van der Waals surface area contributed by atoms with Crippen molar-refractivity contribution in [1.29, 1.82) is 0 Å². The number of fused-ring (bicyclic) bond motifs is 1. The van der Waals surface area contributed by atoms with Crippen molar-refractivity contribution in [2.24, 2.45) is 7.05 Å². The topological polar surface area (TPSA) is 61.8 Å². The Morgan fingerprint density at radius 1 is 0.962 bits per heavy atom. The van der Waals surface area contributed by atoms with Crippen molar-refractivity contribution in [2.75, 3.05) is 0 Å². The third-order valence-electron chi connectivity index (χ3n) is 4.57. The minimum Gasteiger partial charge on any atom is -0.320 e. The highest BCUT2D eigenvalue weighted by Gasteiger charge is 2.18. The fourth-order valence-electron chi connectivity index (χ4n) is 3.20. The molecule has 0 saturated heterocycles. The summed E-state index contributed by atoms with van der Waals surface area (Å²) in [7, 11) is 1.64. The van der Waals surface area contributed by atoms with Crippen molar-refractivity contribution < 1.29 is 0 Å². The minimum atomic E-state index is -0.401. The average molecular weight is 346 g/mol. The average Bonchev–Trinajstić information content (AvgIpc) is 3.06. The molecule has 6 heteroatoms. The van der Waals surface area contributed by atoms with Crippen molar-refractivity contribution >= 4 is 11.2 Å². The zero-order valence-corrected chi connectivity index (χ0v) is 14.6. The molecule has 26 heavy (non-hydrogen) atoms. The molecule has 0 aliphatic rings. The van der Waals surface area contributed by atoms with E-state index in [1.54, 1.807) is 24.0 Å². The first kappa shape index (κ1) is 16.1. The van der Waals surface area contributed by atoms with Crippen LogP contribution in [0.25, 0.3) is 16.9 Å². The van der Waals surface area contributed by atoms with Gasteiger partial charge in [-0.2, -0.15) is 0 Å². The summed E-state index contributed by atoms with van der Waals surface area (Å²) in [5.41, 5.74) is 2.56. The van der Waals surface area contributed by atoms with Crippen LogP contribution in [0, 0.1) is 6.92 Å². The van der Waals surface area contributed by atoms with Gasteiger partial charge in [0.05, 0.1) is 12.0 Å². The number of nitrogens with zero attached hydrogens (tertiary/aromatic N) is 4. The lowest BCUT2D eigenvalue weighted by atomic mass is 10.2. The highest BCUT2D eigenvalue weighted by atomic mass is 16.2. The maximum absolute atomic E-state index is 13.2. The van der Waals surface area contributed by atoms with Gasteiger partial charge in [-0.3, -0.25) is 9.36 Å². The van der Waals surface area contributed by atoms with E-state index < -0.39 is 5.69 Å². The van der Waals surface area contributed by atoms with E-state index in [1.807, 2.05) is 55.5 Å². The molecule has 0 aliphatic heterocycles. The van der Waals surface area contributed by atoms with E-state index >= 15 is 0 Å². The van der Waals surface area contributed by atoms with E-state index in [2.05, 4.69) is 4.98 Å². The summed E-state index contributed by atoms with van der Waals surface area (Å²) in [6.45, 7) is 2.39. The third-order valence-corrected chi connectivity index (χ3v) is 4.57. The van der Waals surface area contributed by atoms with Crippen molar-refractivity contribution in [3.63, 3.8) is 0 Å². The maximum Gasteiger partial charge on any atom is 0.337 e. The zero-order valence-electron chi connectivity index (χ0n) is 14.6. The Bertz CT molecular complexity index is 1220. The van der Waals surface area contributed by atoms with Crippen LogP contribution in [0.3, 0.4) is 0 Å².